The van der Waals surface area contributed by atoms with Gasteiger partial charge in [-0.15, -0.1) is 0 Å². The molecule has 0 bridgehead atoms. The molecule has 0 aliphatic carbocycles. The largest absolute Gasteiger partial charge is 0.726 e. The number of hydrogen-bond donors (Lipinski definition) is 3. The van der Waals surface area contributed by atoms with Crippen LogP contribution in [0.15, 0.2) is 12.4 Å². The Kier molecular flexibility index (Phi) is 3.51. The van der Waals surface area contributed by atoms with E-state index in [1.807, 2.05) is 0 Å². The second-order valence-electron chi connectivity index (χ2n) is 1.46. The summed E-state index contributed by atoms with van der Waals surface area (Å²) in [6.45, 7) is 0. The van der Waals surface area contributed by atoms with Crippen LogP contribution in [0.3, 0.4) is 0 Å². The van der Waals surface area contributed by atoms with Gasteiger partial charge in [0.15, 0.2) is 0 Å². The van der Waals surface area contributed by atoms with Crippen LogP contribution in [0.4, 0.5) is 5.95 Å². The molecule has 1 aromatic heterocycles. The van der Waals surface area contributed by atoms with Crippen LogP contribution in [0.25, 0.3) is 0 Å². The summed E-state index contributed by atoms with van der Waals surface area (Å²) in [5, 5.41) is 0. The molecule has 0 unspecified atom stereocenters. The van der Waals surface area contributed by atoms with Gasteiger partial charge in [-0.2, -0.15) is 0 Å². The maximum atomic E-state index is 8.63. The Morgan fingerprint density at radius 2 is 2.18 bits per heavy atom. The topological polar surface area (TPSA) is 133 Å². The molecule has 1 heterocycles. The standard InChI is InChI=1S/C3H5N3.H2O4S/c4-3-5-1-2-6-3;1-5(2,3)4/h1-2H,(H3,4,5,6);(H2,1,2,3,4). The lowest BCUT2D eigenvalue weighted by Crippen LogP contribution is -2.03. The Bertz CT molecular complexity index is 270. The summed E-state index contributed by atoms with van der Waals surface area (Å²) in [5.74, 6) is 0.593. The number of rotatable bonds is 0. The lowest BCUT2D eigenvalue weighted by Gasteiger charge is -1.88. The smallest absolute Gasteiger partial charge is 0.350 e. The van der Waals surface area contributed by atoms with Gasteiger partial charge in [-0.25, -0.2) is 18.4 Å². The second-order valence-corrected chi connectivity index (χ2v) is 2.32. The fourth-order valence-corrected chi connectivity index (χ4v) is 0.305. The van der Waals surface area contributed by atoms with Crippen molar-refractivity contribution in [3.8, 4) is 0 Å². The number of anilines is 1. The van der Waals surface area contributed by atoms with E-state index in [0.29, 0.717) is 5.95 Å². The van der Waals surface area contributed by atoms with Crippen LogP contribution in [0.5, 0.6) is 0 Å². The van der Waals surface area contributed by atoms with E-state index in [1.165, 1.54) is 0 Å². The van der Waals surface area contributed by atoms with E-state index >= 15 is 0 Å². The zero-order valence-electron chi connectivity index (χ0n) is 5.31. The van der Waals surface area contributed by atoms with Crippen molar-refractivity contribution in [2.24, 2.45) is 0 Å². The third kappa shape index (κ3) is 12.2. The highest BCUT2D eigenvalue weighted by molar-refractivity contribution is 7.79. The summed E-state index contributed by atoms with van der Waals surface area (Å²) in [7, 11) is -4.92. The highest BCUT2D eigenvalue weighted by Gasteiger charge is 1.82. The first kappa shape index (κ1) is 9.88. The Labute approximate surface area is 62.8 Å². The van der Waals surface area contributed by atoms with E-state index in [0.717, 1.165) is 0 Å². The summed E-state index contributed by atoms with van der Waals surface area (Å²) in [6, 6.07) is 0. The van der Waals surface area contributed by atoms with E-state index in [-0.39, 0.29) is 0 Å². The molecule has 0 saturated carbocycles. The van der Waals surface area contributed by atoms with Crippen molar-refractivity contribution in [2.75, 3.05) is 5.73 Å². The third-order valence-electron chi connectivity index (χ3n) is 0.561. The minimum absolute atomic E-state index is 0.593. The summed E-state index contributed by atoms with van der Waals surface area (Å²) in [4.78, 5) is 5.44. The van der Waals surface area contributed by atoms with Crippen LogP contribution in [0.1, 0.15) is 0 Å². The van der Waals surface area contributed by atoms with Crippen LogP contribution in [-0.2, 0) is 10.4 Å². The van der Waals surface area contributed by atoms with Gasteiger partial charge >= 0.3 is 5.95 Å². The molecule has 1 aromatic rings. The van der Waals surface area contributed by atoms with E-state index in [1.54, 1.807) is 12.4 Å². The van der Waals surface area contributed by atoms with Crippen molar-refractivity contribution in [1.29, 1.82) is 0 Å². The molecule has 8 heteroatoms. The SMILES string of the molecule is Nc1[nH]cc[nH+]1.O=S(=O)([O-])O. The maximum absolute atomic E-state index is 8.63. The summed E-state index contributed by atoms with van der Waals surface area (Å²) in [5.41, 5.74) is 5.17. The molecule has 0 aliphatic heterocycles. The summed E-state index contributed by atoms with van der Waals surface area (Å²) >= 11 is 0. The molecule has 7 nitrogen and oxygen atoms in total. The number of nitrogen functional groups attached to an aromatic ring is 1. The number of nitrogens with two attached hydrogens (primary N) is 1. The fraction of sp³-hybridized carbons (Fsp3) is 0. The van der Waals surface area contributed by atoms with Gasteiger partial charge in [0.25, 0.3) is 0 Å². The van der Waals surface area contributed by atoms with Crippen molar-refractivity contribution < 1.29 is 22.5 Å². The number of imidazole rings is 1. The van der Waals surface area contributed by atoms with Crippen molar-refractivity contribution in [3.63, 3.8) is 0 Å². The van der Waals surface area contributed by atoms with Crippen molar-refractivity contribution in [2.45, 2.75) is 0 Å². The molecule has 0 saturated heterocycles. The van der Waals surface area contributed by atoms with Crippen LogP contribution in [0, 0.1) is 0 Å². The molecule has 0 aliphatic rings. The van der Waals surface area contributed by atoms with Gasteiger partial charge in [-0.1, -0.05) is 0 Å². The van der Waals surface area contributed by atoms with Gasteiger partial charge < -0.3 is 4.55 Å². The average Bonchev–Trinajstić information content (AvgIpc) is 2.12. The minimum atomic E-state index is -4.92. The predicted molar refractivity (Wildman–Crippen MR) is 34.1 cm³/mol. The number of aromatic nitrogens is 2. The lowest BCUT2D eigenvalue weighted by molar-refractivity contribution is -0.357. The summed E-state index contributed by atoms with van der Waals surface area (Å²) < 4.78 is 32.8. The molecule has 0 atom stereocenters. The molecule has 0 aromatic carbocycles. The van der Waals surface area contributed by atoms with Crippen LogP contribution >= 0.6 is 0 Å². The minimum Gasteiger partial charge on any atom is -0.726 e. The van der Waals surface area contributed by atoms with E-state index in [4.69, 9.17) is 23.3 Å². The first-order chi connectivity index (χ1) is 4.89. The number of H-pyrrole nitrogens is 2. The van der Waals surface area contributed by atoms with Gasteiger partial charge in [0.1, 0.15) is 0 Å². The zero-order valence-corrected chi connectivity index (χ0v) is 6.13. The van der Waals surface area contributed by atoms with Gasteiger partial charge in [-0.3, -0.25) is 10.3 Å². The molecule has 0 fully saturated rings. The molecule has 11 heavy (non-hydrogen) atoms. The molecule has 1 rings (SSSR count). The van der Waals surface area contributed by atoms with Crippen molar-refractivity contribution in [1.82, 2.24) is 4.98 Å². The first-order valence-electron chi connectivity index (χ1n) is 2.38. The van der Waals surface area contributed by atoms with Crippen LogP contribution < -0.4 is 10.7 Å². The summed E-state index contributed by atoms with van der Waals surface area (Å²) in [6.07, 6.45) is 3.46. The predicted octanol–water partition coefficient (Wildman–Crippen LogP) is -1.58. The van der Waals surface area contributed by atoms with Crippen molar-refractivity contribution >= 4 is 16.3 Å². The first-order valence-corrected chi connectivity index (χ1v) is 3.75. The highest BCUT2D eigenvalue weighted by Crippen LogP contribution is 1.73. The van der Waals surface area contributed by atoms with Crippen molar-refractivity contribution in [3.05, 3.63) is 12.4 Å². The Morgan fingerprint density at radius 3 is 2.27 bits per heavy atom. The van der Waals surface area contributed by atoms with Gasteiger partial charge in [0, 0.05) is 0 Å². The Morgan fingerprint density at radius 1 is 1.73 bits per heavy atom. The Balaban J connectivity index is 0.000000187. The zero-order chi connectivity index (χ0) is 8.91. The van der Waals surface area contributed by atoms with Gasteiger partial charge in [-0.05, 0) is 0 Å². The highest BCUT2D eigenvalue weighted by atomic mass is 32.3. The molecule has 5 N–H and O–H groups in total. The fourth-order valence-electron chi connectivity index (χ4n) is 0.305. The molecule has 0 radical (unpaired) electrons. The Hall–Kier alpha value is -1.12. The maximum Gasteiger partial charge on any atom is 0.350 e. The molecular weight excluding hydrogens is 174 g/mol. The van der Waals surface area contributed by atoms with Crippen LogP contribution in [-0.4, -0.2) is 22.5 Å². The quantitative estimate of drug-likeness (QED) is 0.328. The molecule has 0 amide bonds. The average molecular weight is 181 g/mol. The molecule has 0 spiro atoms. The molecule has 64 valence electrons. The van der Waals surface area contributed by atoms with E-state index in [9.17, 15) is 0 Å². The van der Waals surface area contributed by atoms with Crippen LogP contribution in [0.2, 0.25) is 0 Å². The third-order valence-corrected chi connectivity index (χ3v) is 0.561. The number of aromatic amines is 2. The van der Waals surface area contributed by atoms with Gasteiger partial charge in [0.05, 0.1) is 12.4 Å². The van der Waals surface area contributed by atoms with E-state index < -0.39 is 10.4 Å². The number of hydrogen-bond acceptors (Lipinski definition) is 4. The second kappa shape index (κ2) is 3.91. The van der Waals surface area contributed by atoms with E-state index in [2.05, 4.69) is 9.97 Å². The lowest BCUT2D eigenvalue weighted by atomic mass is 11.0. The molecular formula is C3H7N3O4S. The monoisotopic (exact) mass is 181 g/mol. The number of nitrogens with one attached hydrogen (secondary N) is 2. The normalized spacial score (nSPS) is 10.0. The van der Waals surface area contributed by atoms with Gasteiger partial charge in [0.2, 0.25) is 10.4 Å².